The Bertz CT molecular complexity index is 1330. The van der Waals surface area contributed by atoms with E-state index < -0.39 is 0 Å². The van der Waals surface area contributed by atoms with Gasteiger partial charge in [0.15, 0.2) is 16.7 Å². The molecule has 0 amide bonds. The molecule has 3 heterocycles. The van der Waals surface area contributed by atoms with Crippen molar-refractivity contribution in [2.45, 2.75) is 17.8 Å². The van der Waals surface area contributed by atoms with E-state index in [1.807, 2.05) is 41.0 Å². The number of aromatic nitrogens is 5. The molecule has 0 fully saturated rings. The maximum atomic E-state index is 5.56. The van der Waals surface area contributed by atoms with Crippen LogP contribution in [-0.4, -0.2) is 32.0 Å². The van der Waals surface area contributed by atoms with Crippen LogP contribution in [0.4, 0.5) is 0 Å². The zero-order valence-corrected chi connectivity index (χ0v) is 18.2. The molecule has 0 aliphatic rings. The summed E-state index contributed by atoms with van der Waals surface area (Å²) in [5.74, 6) is 3.30. The molecule has 0 radical (unpaired) electrons. The smallest absolute Gasteiger partial charge is 0.238 e. The number of hydrogen-bond acceptors (Lipinski definition) is 8. The Balaban J connectivity index is 1.49. The van der Waals surface area contributed by atoms with E-state index in [4.69, 9.17) is 13.7 Å². The second-order valence-electron chi connectivity index (χ2n) is 6.96. The predicted molar refractivity (Wildman–Crippen MR) is 120 cm³/mol. The van der Waals surface area contributed by atoms with E-state index in [0.29, 0.717) is 34.2 Å². The number of nitrogens with zero attached hydrogens (tertiary/aromatic N) is 5. The first-order chi connectivity index (χ1) is 15.7. The van der Waals surface area contributed by atoms with Gasteiger partial charge in [0.1, 0.15) is 5.75 Å². The first kappa shape index (κ1) is 20.1. The average molecular weight is 446 g/mol. The lowest BCUT2D eigenvalue weighted by Gasteiger charge is -2.12. The summed E-state index contributed by atoms with van der Waals surface area (Å²) in [6.45, 7) is 2.05. The van der Waals surface area contributed by atoms with Crippen molar-refractivity contribution in [3.05, 3.63) is 78.4 Å². The van der Waals surface area contributed by atoms with Gasteiger partial charge >= 0.3 is 0 Å². The third-order valence-corrected chi connectivity index (χ3v) is 5.72. The van der Waals surface area contributed by atoms with Crippen LogP contribution >= 0.6 is 11.8 Å². The fourth-order valence-electron chi connectivity index (χ4n) is 3.24. The molecular formula is C23H19N5O3S. The van der Waals surface area contributed by atoms with Gasteiger partial charge in [-0.1, -0.05) is 46.7 Å². The summed E-state index contributed by atoms with van der Waals surface area (Å²) in [5.41, 5.74) is 2.98. The van der Waals surface area contributed by atoms with E-state index in [9.17, 15) is 0 Å². The van der Waals surface area contributed by atoms with Crippen molar-refractivity contribution in [3.8, 4) is 34.4 Å². The molecule has 0 aliphatic heterocycles. The second kappa shape index (κ2) is 8.72. The van der Waals surface area contributed by atoms with Crippen molar-refractivity contribution in [1.82, 2.24) is 24.9 Å². The molecule has 5 aromatic rings. The lowest BCUT2D eigenvalue weighted by molar-refractivity contribution is 0.390. The van der Waals surface area contributed by atoms with Crippen molar-refractivity contribution < 1.29 is 13.7 Å². The Morgan fingerprint density at radius 3 is 2.62 bits per heavy atom. The summed E-state index contributed by atoms with van der Waals surface area (Å²) in [5, 5.41) is 13.6. The Kier molecular flexibility index (Phi) is 5.47. The lowest BCUT2D eigenvalue weighted by atomic mass is 10.1. The minimum absolute atomic E-state index is 0.417. The van der Waals surface area contributed by atoms with Crippen LogP contribution in [0.1, 0.15) is 11.5 Å². The number of furan rings is 1. The van der Waals surface area contributed by atoms with Gasteiger partial charge in [-0.05, 0) is 43.3 Å². The second-order valence-corrected chi connectivity index (χ2v) is 7.90. The van der Waals surface area contributed by atoms with Crippen molar-refractivity contribution in [3.63, 3.8) is 0 Å². The first-order valence-electron chi connectivity index (χ1n) is 9.88. The molecule has 0 unspecified atom stereocenters. The fraction of sp³-hybridized carbons (Fsp3) is 0.130. The molecule has 32 heavy (non-hydrogen) atoms. The van der Waals surface area contributed by atoms with Crippen LogP contribution in [0, 0.1) is 6.92 Å². The summed E-state index contributed by atoms with van der Waals surface area (Å²) >= 11 is 1.46. The van der Waals surface area contributed by atoms with Gasteiger partial charge in [-0.15, -0.1) is 10.2 Å². The number of methoxy groups -OCH3 is 1. The summed E-state index contributed by atoms with van der Waals surface area (Å²) < 4.78 is 18.3. The highest BCUT2D eigenvalue weighted by molar-refractivity contribution is 7.98. The fourth-order valence-corrected chi connectivity index (χ4v) is 4.03. The van der Waals surface area contributed by atoms with Crippen molar-refractivity contribution in [2.24, 2.45) is 0 Å². The molecular weight excluding hydrogens is 426 g/mol. The standard InChI is InChI=1S/C23H19N5O3S/c1-15-9-11-16(12-10-15)28-22(17-6-3-4-7-18(17)29-2)25-26-23(28)32-14-20-24-21(27-31-20)19-8-5-13-30-19/h3-13H,14H2,1-2H3. The van der Waals surface area contributed by atoms with E-state index >= 15 is 0 Å². The third-order valence-electron chi connectivity index (χ3n) is 4.81. The average Bonchev–Trinajstić information content (AvgIpc) is 3.59. The summed E-state index contributed by atoms with van der Waals surface area (Å²) in [4.78, 5) is 4.40. The molecule has 0 aliphatic carbocycles. The molecule has 0 bridgehead atoms. The van der Waals surface area contributed by atoms with E-state index in [1.54, 1.807) is 25.5 Å². The van der Waals surface area contributed by atoms with Crippen LogP contribution in [-0.2, 0) is 5.75 Å². The number of aryl methyl sites for hydroxylation is 1. The highest BCUT2D eigenvalue weighted by Gasteiger charge is 2.20. The summed E-state index contributed by atoms with van der Waals surface area (Å²) in [6, 6.07) is 19.5. The number of thioether (sulfide) groups is 1. The summed E-state index contributed by atoms with van der Waals surface area (Å²) in [6.07, 6.45) is 1.57. The summed E-state index contributed by atoms with van der Waals surface area (Å²) in [7, 11) is 1.65. The van der Waals surface area contributed by atoms with Crippen LogP contribution in [0.15, 0.2) is 81.0 Å². The molecule has 0 saturated heterocycles. The van der Waals surface area contributed by atoms with Gasteiger partial charge in [0.25, 0.3) is 0 Å². The normalized spacial score (nSPS) is 11.1. The number of benzene rings is 2. The van der Waals surface area contributed by atoms with Gasteiger partial charge in [-0.25, -0.2) is 0 Å². The molecule has 0 atom stereocenters. The highest BCUT2D eigenvalue weighted by atomic mass is 32.2. The van der Waals surface area contributed by atoms with Crippen molar-refractivity contribution in [1.29, 1.82) is 0 Å². The Morgan fingerprint density at radius 1 is 1.00 bits per heavy atom. The molecule has 0 spiro atoms. The predicted octanol–water partition coefficient (Wildman–Crippen LogP) is 5.19. The van der Waals surface area contributed by atoms with Gasteiger partial charge in [0, 0.05) is 5.69 Å². The van der Waals surface area contributed by atoms with Crippen LogP contribution < -0.4 is 4.74 Å². The number of ether oxygens (including phenoxy) is 1. The maximum absolute atomic E-state index is 5.56. The lowest BCUT2D eigenvalue weighted by Crippen LogP contribution is -2.01. The highest BCUT2D eigenvalue weighted by Crippen LogP contribution is 2.34. The molecule has 2 aromatic carbocycles. The minimum Gasteiger partial charge on any atom is -0.496 e. The van der Waals surface area contributed by atoms with E-state index in [2.05, 4.69) is 39.4 Å². The van der Waals surface area contributed by atoms with Crippen LogP contribution in [0.3, 0.4) is 0 Å². The Hall–Kier alpha value is -3.85. The van der Waals surface area contributed by atoms with E-state index in [1.165, 1.54) is 17.3 Å². The van der Waals surface area contributed by atoms with E-state index in [0.717, 1.165) is 17.0 Å². The monoisotopic (exact) mass is 445 g/mol. The number of para-hydroxylation sites is 1. The van der Waals surface area contributed by atoms with Crippen molar-refractivity contribution in [2.75, 3.05) is 7.11 Å². The molecule has 160 valence electrons. The zero-order chi connectivity index (χ0) is 21.9. The van der Waals surface area contributed by atoms with Crippen LogP contribution in [0.25, 0.3) is 28.7 Å². The SMILES string of the molecule is COc1ccccc1-c1nnc(SCc2nc(-c3ccco3)no2)n1-c1ccc(C)cc1. The molecule has 5 rings (SSSR count). The van der Waals surface area contributed by atoms with Gasteiger partial charge in [-0.2, -0.15) is 4.98 Å². The quantitative estimate of drug-likeness (QED) is 0.316. The van der Waals surface area contributed by atoms with Crippen LogP contribution in [0.5, 0.6) is 5.75 Å². The van der Waals surface area contributed by atoms with Gasteiger partial charge in [0.2, 0.25) is 11.7 Å². The maximum Gasteiger partial charge on any atom is 0.238 e. The van der Waals surface area contributed by atoms with E-state index in [-0.39, 0.29) is 0 Å². The first-order valence-corrected chi connectivity index (χ1v) is 10.9. The third kappa shape index (κ3) is 3.90. The molecule has 3 aromatic heterocycles. The number of rotatable bonds is 7. The van der Waals surface area contributed by atoms with Gasteiger partial charge in [0.05, 0.1) is 24.7 Å². The topological polar surface area (TPSA) is 92.0 Å². The van der Waals surface area contributed by atoms with Gasteiger partial charge < -0.3 is 13.7 Å². The van der Waals surface area contributed by atoms with Crippen molar-refractivity contribution >= 4 is 11.8 Å². The van der Waals surface area contributed by atoms with Crippen LogP contribution in [0.2, 0.25) is 0 Å². The Labute approximate surface area is 188 Å². The Morgan fingerprint density at radius 2 is 1.84 bits per heavy atom. The van der Waals surface area contributed by atoms with Gasteiger partial charge in [-0.3, -0.25) is 4.57 Å². The molecule has 0 saturated carbocycles. The number of hydrogen-bond donors (Lipinski definition) is 0. The zero-order valence-electron chi connectivity index (χ0n) is 17.4. The molecule has 8 nitrogen and oxygen atoms in total. The molecule has 0 N–H and O–H groups in total. The minimum atomic E-state index is 0.417. The largest absolute Gasteiger partial charge is 0.496 e. The molecule has 9 heteroatoms.